The molecule has 0 amide bonds. The fourth-order valence-electron chi connectivity index (χ4n) is 1.10. The Balaban J connectivity index is 2.89. The zero-order chi connectivity index (χ0) is 10.8. The van der Waals surface area contributed by atoms with Crippen LogP contribution in [0.5, 0.6) is 0 Å². The van der Waals surface area contributed by atoms with Crippen LogP contribution in [0.3, 0.4) is 0 Å². The van der Waals surface area contributed by atoms with Gasteiger partial charge in [0, 0.05) is 17.3 Å². The molecule has 1 heterocycles. The van der Waals surface area contributed by atoms with Crippen LogP contribution >= 0.6 is 11.6 Å². The highest BCUT2D eigenvalue weighted by atomic mass is 35.5. The minimum atomic E-state index is -3.32. The number of nitrogens with one attached hydrogen (secondary N) is 1. The third-order valence-corrected chi connectivity index (χ3v) is 3.46. The molecule has 14 heavy (non-hydrogen) atoms. The molecule has 0 spiro atoms. The minimum Gasteiger partial charge on any atom is -0.256 e. The van der Waals surface area contributed by atoms with E-state index in [0.29, 0.717) is 0 Å². The van der Waals surface area contributed by atoms with Crippen molar-refractivity contribution in [1.82, 2.24) is 4.68 Å². The molecule has 0 aromatic carbocycles. The topological polar surface area (TPSA) is 51.1 Å². The Morgan fingerprint density at radius 3 is 2.29 bits per heavy atom. The fourth-order valence-corrected chi connectivity index (χ4v) is 2.57. The molecule has 1 aromatic heterocycles. The van der Waals surface area contributed by atoms with E-state index in [1.807, 2.05) is 26.0 Å². The van der Waals surface area contributed by atoms with Crippen molar-refractivity contribution in [2.24, 2.45) is 0 Å². The van der Waals surface area contributed by atoms with Gasteiger partial charge in [-0.3, -0.25) is 4.68 Å². The largest absolute Gasteiger partial charge is 0.256 e. The van der Waals surface area contributed by atoms with Crippen molar-refractivity contribution in [3.8, 4) is 0 Å². The van der Waals surface area contributed by atoms with Crippen molar-refractivity contribution in [1.29, 1.82) is 0 Å². The molecule has 80 valence electrons. The van der Waals surface area contributed by atoms with Crippen molar-refractivity contribution in [3.63, 3.8) is 0 Å². The highest BCUT2D eigenvalue weighted by Crippen LogP contribution is 2.05. The zero-order valence-corrected chi connectivity index (χ0v) is 9.69. The number of aryl methyl sites for hydroxylation is 2. The first-order valence-electron chi connectivity index (χ1n) is 4.17. The first kappa shape index (κ1) is 11.4. The Bertz CT molecular complexity index is 391. The van der Waals surface area contributed by atoms with Gasteiger partial charge in [0.15, 0.2) is 0 Å². The third kappa shape index (κ3) is 2.65. The number of hydrogen-bond acceptors (Lipinski definition) is 2. The molecule has 0 aliphatic heterocycles. The van der Waals surface area contributed by atoms with E-state index < -0.39 is 10.0 Å². The molecule has 4 nitrogen and oxygen atoms in total. The standard InChI is InChI=1S/C8H13ClN2O2S/c1-7-3-4-8(2)11(7)10-14(12,13)6-5-9/h3-4,10H,5-6H2,1-2H3. The van der Waals surface area contributed by atoms with Crippen LogP contribution in [0.25, 0.3) is 0 Å². The molecule has 0 unspecified atom stereocenters. The molecule has 0 aliphatic rings. The molecule has 0 aliphatic carbocycles. The number of nitrogens with zero attached hydrogens (tertiary/aromatic N) is 1. The molecule has 0 radical (unpaired) electrons. The number of aromatic nitrogens is 1. The predicted octanol–water partition coefficient (Wildman–Crippen LogP) is 1.22. The SMILES string of the molecule is Cc1ccc(C)n1NS(=O)(=O)CCCl. The maximum absolute atomic E-state index is 11.4. The van der Waals surface area contributed by atoms with Gasteiger partial charge in [-0.2, -0.15) is 0 Å². The smallest absolute Gasteiger partial charge is 0.247 e. The van der Waals surface area contributed by atoms with Gasteiger partial charge in [0.25, 0.3) is 0 Å². The number of sulfonamides is 1. The van der Waals surface area contributed by atoms with Crippen LogP contribution in [-0.4, -0.2) is 24.7 Å². The van der Waals surface area contributed by atoms with Crippen molar-refractivity contribution in [2.45, 2.75) is 13.8 Å². The highest BCUT2D eigenvalue weighted by Gasteiger charge is 2.11. The molecule has 1 N–H and O–H groups in total. The lowest BCUT2D eigenvalue weighted by Gasteiger charge is -2.11. The van der Waals surface area contributed by atoms with Gasteiger partial charge in [0.1, 0.15) is 0 Å². The fraction of sp³-hybridized carbons (Fsp3) is 0.500. The van der Waals surface area contributed by atoms with Crippen LogP contribution in [0, 0.1) is 13.8 Å². The van der Waals surface area contributed by atoms with Crippen LogP contribution in [0.1, 0.15) is 11.4 Å². The van der Waals surface area contributed by atoms with Gasteiger partial charge >= 0.3 is 0 Å². The Hall–Kier alpha value is -0.680. The summed E-state index contributed by atoms with van der Waals surface area (Å²) in [6, 6.07) is 3.69. The molecule has 1 aromatic rings. The molecular formula is C8H13ClN2O2S. The lowest BCUT2D eigenvalue weighted by Crippen LogP contribution is -2.27. The monoisotopic (exact) mass is 236 g/mol. The van der Waals surface area contributed by atoms with E-state index in [4.69, 9.17) is 11.6 Å². The Morgan fingerprint density at radius 2 is 1.86 bits per heavy atom. The van der Waals surface area contributed by atoms with Crippen molar-refractivity contribution in [2.75, 3.05) is 16.5 Å². The summed E-state index contributed by atoms with van der Waals surface area (Å²) in [6.07, 6.45) is 0. The summed E-state index contributed by atoms with van der Waals surface area (Å²) in [4.78, 5) is 2.44. The lowest BCUT2D eigenvalue weighted by molar-refractivity contribution is 0.595. The molecule has 0 atom stereocenters. The van der Waals surface area contributed by atoms with Crippen LogP contribution in [0.2, 0.25) is 0 Å². The summed E-state index contributed by atoms with van der Waals surface area (Å²) < 4.78 is 24.3. The Morgan fingerprint density at radius 1 is 1.36 bits per heavy atom. The van der Waals surface area contributed by atoms with Crippen LogP contribution in [-0.2, 0) is 10.0 Å². The lowest BCUT2D eigenvalue weighted by atomic mass is 10.5. The maximum Gasteiger partial charge on any atom is 0.247 e. The second kappa shape index (κ2) is 4.23. The summed E-state index contributed by atoms with van der Waals surface area (Å²) in [7, 11) is -3.32. The van der Waals surface area contributed by atoms with E-state index >= 15 is 0 Å². The number of rotatable bonds is 4. The molecule has 0 bridgehead atoms. The van der Waals surface area contributed by atoms with Gasteiger partial charge in [-0.15, -0.1) is 11.6 Å². The van der Waals surface area contributed by atoms with Gasteiger partial charge in [-0.05, 0) is 26.0 Å². The van der Waals surface area contributed by atoms with Gasteiger partial charge < -0.3 is 0 Å². The molecular weight excluding hydrogens is 224 g/mol. The van der Waals surface area contributed by atoms with Gasteiger partial charge in [-0.1, -0.05) is 0 Å². The summed E-state index contributed by atoms with van der Waals surface area (Å²) in [5, 5.41) is 0. The van der Waals surface area contributed by atoms with Gasteiger partial charge in [-0.25, -0.2) is 13.2 Å². The van der Waals surface area contributed by atoms with Crippen molar-refractivity contribution < 1.29 is 8.42 Å². The molecule has 6 heteroatoms. The van der Waals surface area contributed by atoms with E-state index in [1.54, 1.807) is 0 Å². The minimum absolute atomic E-state index is 0.0778. The Labute approximate surface area is 88.9 Å². The normalized spacial score (nSPS) is 11.6. The average molecular weight is 237 g/mol. The average Bonchev–Trinajstić information content (AvgIpc) is 2.35. The number of alkyl halides is 1. The second-order valence-electron chi connectivity index (χ2n) is 3.05. The first-order chi connectivity index (χ1) is 6.46. The molecule has 0 saturated heterocycles. The van der Waals surface area contributed by atoms with Crippen LogP contribution in [0.4, 0.5) is 0 Å². The van der Waals surface area contributed by atoms with E-state index in [0.717, 1.165) is 11.4 Å². The van der Waals surface area contributed by atoms with E-state index in [9.17, 15) is 8.42 Å². The number of halogens is 1. The predicted molar refractivity (Wildman–Crippen MR) is 57.8 cm³/mol. The van der Waals surface area contributed by atoms with Crippen LogP contribution < -0.4 is 4.83 Å². The summed E-state index contributed by atoms with van der Waals surface area (Å²) in [5.74, 6) is 0.0142. The maximum atomic E-state index is 11.4. The summed E-state index contributed by atoms with van der Waals surface area (Å²) >= 11 is 5.38. The van der Waals surface area contributed by atoms with Gasteiger partial charge in [0.2, 0.25) is 10.0 Å². The van der Waals surface area contributed by atoms with Crippen molar-refractivity contribution in [3.05, 3.63) is 23.5 Å². The first-order valence-corrected chi connectivity index (χ1v) is 6.36. The molecule has 0 saturated carbocycles. The zero-order valence-electron chi connectivity index (χ0n) is 8.12. The van der Waals surface area contributed by atoms with Gasteiger partial charge in [0.05, 0.1) is 5.75 Å². The van der Waals surface area contributed by atoms with Crippen molar-refractivity contribution >= 4 is 21.6 Å². The quantitative estimate of drug-likeness (QED) is 0.800. The summed E-state index contributed by atoms with van der Waals surface area (Å²) in [5.41, 5.74) is 1.70. The summed E-state index contributed by atoms with van der Waals surface area (Å²) in [6.45, 7) is 3.66. The molecule has 1 rings (SSSR count). The second-order valence-corrected chi connectivity index (χ2v) is 5.25. The van der Waals surface area contributed by atoms with Crippen LogP contribution in [0.15, 0.2) is 12.1 Å². The van der Waals surface area contributed by atoms with E-state index in [2.05, 4.69) is 4.83 Å². The third-order valence-electron chi connectivity index (χ3n) is 1.85. The molecule has 0 fully saturated rings. The Kier molecular flexibility index (Phi) is 3.44. The number of hydrogen-bond donors (Lipinski definition) is 1. The highest BCUT2D eigenvalue weighted by molar-refractivity contribution is 7.92. The van der Waals surface area contributed by atoms with E-state index in [1.165, 1.54) is 4.68 Å². The van der Waals surface area contributed by atoms with E-state index in [-0.39, 0.29) is 11.6 Å².